The number of ether oxygens (including phenoxy) is 1. The fourth-order valence-corrected chi connectivity index (χ4v) is 1.49. The first kappa shape index (κ1) is 14.5. The van der Waals surface area contributed by atoms with Crippen LogP contribution in [0.15, 0.2) is 36.4 Å². The highest BCUT2D eigenvalue weighted by Crippen LogP contribution is 2.18. The molecule has 0 aliphatic heterocycles. The molecule has 0 aliphatic carbocycles. The van der Waals surface area contributed by atoms with Gasteiger partial charge in [0.05, 0.1) is 6.61 Å². The lowest BCUT2D eigenvalue weighted by Crippen LogP contribution is -2.50. The predicted molar refractivity (Wildman–Crippen MR) is 73.9 cm³/mol. The molecule has 0 aliphatic rings. The summed E-state index contributed by atoms with van der Waals surface area (Å²) in [5.41, 5.74) is 6.12. The molecule has 0 saturated heterocycles. The Labute approximate surface area is 109 Å². The quantitative estimate of drug-likeness (QED) is 0.814. The van der Waals surface area contributed by atoms with Crippen LogP contribution in [0.25, 0.3) is 6.08 Å². The smallest absolute Gasteiger partial charge is 0.326 e. The molecule has 0 heterocycles. The molecule has 0 amide bonds. The van der Waals surface area contributed by atoms with E-state index in [1.54, 1.807) is 13.8 Å². The van der Waals surface area contributed by atoms with E-state index < -0.39 is 5.54 Å². The summed E-state index contributed by atoms with van der Waals surface area (Å²) >= 11 is 0. The minimum Gasteiger partial charge on any atom is -0.465 e. The number of nitrogens with two attached hydrogens (primary N) is 1. The summed E-state index contributed by atoms with van der Waals surface area (Å²) < 4.78 is 4.98. The van der Waals surface area contributed by atoms with Gasteiger partial charge in [0.1, 0.15) is 5.54 Å². The van der Waals surface area contributed by atoms with Gasteiger partial charge in [-0.3, -0.25) is 4.79 Å². The number of carbonyl (C=O) groups is 1. The number of carbonyl (C=O) groups excluding carboxylic acids is 1. The fourth-order valence-electron chi connectivity index (χ4n) is 1.49. The standard InChI is InChI=1S/C15H21NO2/c1-4-18-14(17)15(3,16)12(2)10-11-13-8-6-5-7-9-13/h5-12H,4,16H2,1-3H3/b11-10+/t12-,15+/m1/s1. The second kappa shape index (κ2) is 6.36. The van der Waals surface area contributed by atoms with E-state index >= 15 is 0 Å². The zero-order chi connectivity index (χ0) is 13.6. The summed E-state index contributed by atoms with van der Waals surface area (Å²) in [7, 11) is 0. The summed E-state index contributed by atoms with van der Waals surface area (Å²) in [5.74, 6) is -0.466. The molecule has 2 N–H and O–H groups in total. The monoisotopic (exact) mass is 247 g/mol. The number of benzene rings is 1. The minimum absolute atomic E-state index is 0.100. The summed E-state index contributed by atoms with van der Waals surface area (Å²) in [5, 5.41) is 0. The maximum atomic E-state index is 11.7. The Hall–Kier alpha value is -1.61. The zero-order valence-electron chi connectivity index (χ0n) is 11.2. The summed E-state index contributed by atoms with van der Waals surface area (Å²) in [6.07, 6.45) is 3.90. The molecule has 0 fully saturated rings. The van der Waals surface area contributed by atoms with Crippen molar-refractivity contribution in [2.45, 2.75) is 26.3 Å². The van der Waals surface area contributed by atoms with E-state index in [0.717, 1.165) is 5.56 Å². The molecule has 0 saturated carbocycles. The van der Waals surface area contributed by atoms with Crippen LogP contribution in [0.1, 0.15) is 26.3 Å². The van der Waals surface area contributed by atoms with Crippen LogP contribution in [0, 0.1) is 5.92 Å². The Balaban J connectivity index is 2.72. The molecule has 0 bridgehead atoms. The van der Waals surface area contributed by atoms with Gasteiger partial charge in [0, 0.05) is 5.92 Å². The maximum Gasteiger partial charge on any atom is 0.326 e. The molecule has 0 unspecified atom stereocenters. The molecule has 0 aromatic heterocycles. The van der Waals surface area contributed by atoms with Gasteiger partial charge in [0.2, 0.25) is 0 Å². The summed E-state index contributed by atoms with van der Waals surface area (Å²) in [6, 6.07) is 9.91. The molecule has 98 valence electrons. The van der Waals surface area contributed by atoms with Crippen molar-refractivity contribution in [1.82, 2.24) is 0 Å². The Kier molecular flexibility index (Phi) is 5.10. The van der Waals surface area contributed by atoms with Crippen molar-refractivity contribution in [2.75, 3.05) is 6.61 Å². The van der Waals surface area contributed by atoms with Gasteiger partial charge in [0.15, 0.2) is 0 Å². The van der Waals surface area contributed by atoms with Crippen molar-refractivity contribution in [3.8, 4) is 0 Å². The van der Waals surface area contributed by atoms with Crippen LogP contribution in [0.3, 0.4) is 0 Å². The first-order valence-electron chi connectivity index (χ1n) is 6.17. The number of hydrogen-bond acceptors (Lipinski definition) is 3. The number of esters is 1. The van der Waals surface area contributed by atoms with Gasteiger partial charge in [-0.05, 0) is 19.4 Å². The van der Waals surface area contributed by atoms with Crippen LogP contribution in [0.2, 0.25) is 0 Å². The molecule has 1 aromatic carbocycles. The first-order valence-corrected chi connectivity index (χ1v) is 6.17. The molecule has 0 spiro atoms. The lowest BCUT2D eigenvalue weighted by Gasteiger charge is -2.26. The van der Waals surface area contributed by atoms with Gasteiger partial charge in [-0.25, -0.2) is 0 Å². The van der Waals surface area contributed by atoms with Crippen LogP contribution in [0.5, 0.6) is 0 Å². The van der Waals surface area contributed by atoms with Crippen molar-refractivity contribution in [1.29, 1.82) is 0 Å². The Bertz CT molecular complexity index is 410. The minimum atomic E-state index is -0.999. The topological polar surface area (TPSA) is 52.3 Å². The molecular formula is C15H21NO2. The van der Waals surface area contributed by atoms with Crippen LogP contribution >= 0.6 is 0 Å². The summed E-state index contributed by atoms with van der Waals surface area (Å²) in [6.45, 7) is 5.74. The van der Waals surface area contributed by atoms with Crippen molar-refractivity contribution < 1.29 is 9.53 Å². The molecule has 0 radical (unpaired) electrons. The largest absolute Gasteiger partial charge is 0.465 e. The SMILES string of the molecule is CCOC(=O)[C@@](C)(N)[C@H](C)/C=C/c1ccccc1. The van der Waals surface area contributed by atoms with Crippen LogP contribution in [0.4, 0.5) is 0 Å². The average Bonchev–Trinajstić information content (AvgIpc) is 2.37. The van der Waals surface area contributed by atoms with Gasteiger partial charge in [0.25, 0.3) is 0 Å². The predicted octanol–water partition coefficient (Wildman–Crippen LogP) is 2.62. The van der Waals surface area contributed by atoms with E-state index in [-0.39, 0.29) is 11.9 Å². The second-order valence-electron chi connectivity index (χ2n) is 4.56. The first-order chi connectivity index (χ1) is 8.48. The number of hydrogen-bond donors (Lipinski definition) is 1. The zero-order valence-corrected chi connectivity index (χ0v) is 11.2. The third-order valence-electron chi connectivity index (χ3n) is 3.04. The van der Waals surface area contributed by atoms with Crippen LogP contribution < -0.4 is 5.73 Å². The molecule has 2 atom stereocenters. The normalized spacial score (nSPS) is 16.2. The number of rotatable bonds is 5. The van der Waals surface area contributed by atoms with E-state index in [4.69, 9.17) is 10.5 Å². The average molecular weight is 247 g/mol. The van der Waals surface area contributed by atoms with E-state index in [0.29, 0.717) is 6.61 Å². The van der Waals surface area contributed by atoms with Crippen molar-refractivity contribution in [3.05, 3.63) is 42.0 Å². The van der Waals surface area contributed by atoms with Crippen molar-refractivity contribution in [3.63, 3.8) is 0 Å². The second-order valence-corrected chi connectivity index (χ2v) is 4.56. The molecule has 3 nitrogen and oxygen atoms in total. The van der Waals surface area contributed by atoms with E-state index in [2.05, 4.69) is 0 Å². The van der Waals surface area contributed by atoms with Gasteiger partial charge < -0.3 is 10.5 Å². The van der Waals surface area contributed by atoms with Gasteiger partial charge in [-0.2, -0.15) is 0 Å². The highest BCUT2D eigenvalue weighted by molar-refractivity contribution is 5.81. The van der Waals surface area contributed by atoms with E-state index in [1.165, 1.54) is 0 Å². The van der Waals surface area contributed by atoms with Crippen molar-refractivity contribution >= 4 is 12.0 Å². The van der Waals surface area contributed by atoms with Gasteiger partial charge in [-0.1, -0.05) is 49.4 Å². The third-order valence-corrected chi connectivity index (χ3v) is 3.04. The van der Waals surface area contributed by atoms with Crippen LogP contribution in [-0.4, -0.2) is 18.1 Å². The highest BCUT2D eigenvalue weighted by atomic mass is 16.5. The third kappa shape index (κ3) is 3.70. The Morgan fingerprint density at radius 3 is 2.61 bits per heavy atom. The molecular weight excluding hydrogens is 226 g/mol. The summed E-state index contributed by atoms with van der Waals surface area (Å²) in [4.78, 5) is 11.7. The fraction of sp³-hybridized carbons (Fsp3) is 0.400. The lowest BCUT2D eigenvalue weighted by atomic mass is 9.87. The molecule has 1 aromatic rings. The van der Waals surface area contributed by atoms with E-state index in [1.807, 2.05) is 49.4 Å². The van der Waals surface area contributed by atoms with E-state index in [9.17, 15) is 4.79 Å². The van der Waals surface area contributed by atoms with Crippen molar-refractivity contribution in [2.24, 2.45) is 11.7 Å². The maximum absolute atomic E-state index is 11.7. The Morgan fingerprint density at radius 2 is 2.06 bits per heavy atom. The van der Waals surface area contributed by atoms with Crippen LogP contribution in [-0.2, 0) is 9.53 Å². The molecule has 18 heavy (non-hydrogen) atoms. The Morgan fingerprint density at radius 1 is 1.44 bits per heavy atom. The molecule has 1 rings (SSSR count). The molecule has 3 heteroatoms. The lowest BCUT2D eigenvalue weighted by molar-refractivity contribution is -0.150. The van der Waals surface area contributed by atoms with Gasteiger partial charge in [-0.15, -0.1) is 0 Å². The highest BCUT2D eigenvalue weighted by Gasteiger charge is 2.34. The van der Waals surface area contributed by atoms with Gasteiger partial charge >= 0.3 is 5.97 Å².